The van der Waals surface area contributed by atoms with Crippen molar-refractivity contribution in [2.24, 2.45) is 0 Å². The Morgan fingerprint density at radius 3 is 2.59 bits per heavy atom. The predicted octanol–water partition coefficient (Wildman–Crippen LogP) is 3.09. The molecule has 0 bridgehead atoms. The molecule has 2 rings (SSSR count). The second-order valence-corrected chi connectivity index (χ2v) is 4.99. The van der Waals surface area contributed by atoms with E-state index in [0.29, 0.717) is 5.03 Å². The van der Waals surface area contributed by atoms with Crippen LogP contribution in [0.25, 0.3) is 0 Å². The zero-order valence-electron chi connectivity index (χ0n) is 8.50. The monoisotopic (exact) mass is 310 g/mol. The lowest BCUT2D eigenvalue weighted by Crippen LogP contribution is -2.00. The van der Waals surface area contributed by atoms with E-state index >= 15 is 0 Å². The minimum Gasteiger partial charge on any atom is -0.476 e. The minimum atomic E-state index is -1.07. The molecule has 0 saturated heterocycles. The van der Waals surface area contributed by atoms with Crippen molar-refractivity contribution in [1.82, 2.24) is 9.97 Å². The van der Waals surface area contributed by atoms with Crippen LogP contribution in [0.1, 0.15) is 10.5 Å². The Balaban J connectivity index is 2.20. The Morgan fingerprint density at radius 2 is 2.00 bits per heavy atom. The number of aromatic carboxylic acids is 1. The lowest BCUT2D eigenvalue weighted by Gasteiger charge is -2.02. The zero-order chi connectivity index (χ0) is 12.3. The van der Waals surface area contributed by atoms with Gasteiger partial charge in [-0.15, -0.1) is 0 Å². The van der Waals surface area contributed by atoms with Gasteiger partial charge in [-0.3, -0.25) is 0 Å². The van der Waals surface area contributed by atoms with Gasteiger partial charge in [-0.05, 0) is 28.1 Å². The molecule has 17 heavy (non-hydrogen) atoms. The molecule has 1 N–H and O–H groups in total. The van der Waals surface area contributed by atoms with E-state index in [1.165, 1.54) is 24.2 Å². The van der Waals surface area contributed by atoms with Crippen LogP contribution < -0.4 is 0 Å². The topological polar surface area (TPSA) is 63.1 Å². The lowest BCUT2D eigenvalue weighted by molar-refractivity contribution is 0.0689. The van der Waals surface area contributed by atoms with Gasteiger partial charge in [0.1, 0.15) is 5.03 Å². The third kappa shape index (κ3) is 3.04. The van der Waals surface area contributed by atoms with E-state index in [4.69, 9.17) is 5.11 Å². The van der Waals surface area contributed by atoms with Gasteiger partial charge in [0.05, 0.1) is 12.4 Å². The van der Waals surface area contributed by atoms with Gasteiger partial charge in [0.15, 0.2) is 5.69 Å². The Morgan fingerprint density at radius 1 is 1.24 bits per heavy atom. The van der Waals surface area contributed by atoms with Crippen molar-refractivity contribution in [3.63, 3.8) is 0 Å². The van der Waals surface area contributed by atoms with E-state index in [0.717, 1.165) is 9.37 Å². The summed E-state index contributed by atoms with van der Waals surface area (Å²) >= 11 is 4.85. The van der Waals surface area contributed by atoms with Crippen LogP contribution in [0, 0.1) is 0 Å². The third-order valence-corrected chi connectivity index (χ3v) is 3.85. The molecule has 0 amide bonds. The highest BCUT2D eigenvalue weighted by molar-refractivity contribution is 9.10. The molecule has 1 heterocycles. The first-order valence-electron chi connectivity index (χ1n) is 4.64. The molecule has 6 heteroatoms. The number of hydrogen-bond acceptors (Lipinski definition) is 4. The SMILES string of the molecule is O=C(O)c1cnc(Sc2ccccc2Br)cn1. The fourth-order valence-corrected chi connectivity index (χ4v) is 2.40. The largest absolute Gasteiger partial charge is 0.476 e. The first-order valence-corrected chi connectivity index (χ1v) is 6.25. The number of hydrogen-bond donors (Lipinski definition) is 1. The number of carboxylic acids is 1. The molecule has 2 aromatic rings. The van der Waals surface area contributed by atoms with Crippen LogP contribution in [0.4, 0.5) is 0 Å². The van der Waals surface area contributed by atoms with E-state index in [9.17, 15) is 4.79 Å². The molecule has 1 aromatic carbocycles. The van der Waals surface area contributed by atoms with Gasteiger partial charge in [-0.25, -0.2) is 14.8 Å². The van der Waals surface area contributed by atoms with E-state index < -0.39 is 5.97 Å². The zero-order valence-corrected chi connectivity index (χ0v) is 10.9. The van der Waals surface area contributed by atoms with Gasteiger partial charge >= 0.3 is 5.97 Å². The van der Waals surface area contributed by atoms with Crippen molar-refractivity contribution >= 4 is 33.7 Å². The molecule has 86 valence electrons. The standard InChI is InChI=1S/C11H7BrN2O2S/c12-7-3-1-2-4-9(7)17-10-6-13-8(5-14-10)11(15)16/h1-6H,(H,15,16). The molecular weight excluding hydrogens is 304 g/mol. The Labute approximate surface area is 110 Å². The molecule has 0 aliphatic rings. The average molecular weight is 311 g/mol. The molecule has 0 atom stereocenters. The van der Waals surface area contributed by atoms with Crippen molar-refractivity contribution < 1.29 is 9.90 Å². The molecule has 0 fully saturated rings. The summed E-state index contributed by atoms with van der Waals surface area (Å²) in [7, 11) is 0. The van der Waals surface area contributed by atoms with Crippen LogP contribution >= 0.6 is 27.7 Å². The summed E-state index contributed by atoms with van der Waals surface area (Å²) in [4.78, 5) is 19.5. The van der Waals surface area contributed by atoms with Crippen LogP contribution in [0.15, 0.2) is 51.1 Å². The first-order chi connectivity index (χ1) is 8.16. The summed E-state index contributed by atoms with van der Waals surface area (Å²) in [5.74, 6) is -1.07. The van der Waals surface area contributed by atoms with Gasteiger partial charge < -0.3 is 5.11 Å². The fourth-order valence-electron chi connectivity index (χ4n) is 1.12. The maximum atomic E-state index is 10.6. The number of nitrogens with zero attached hydrogens (tertiary/aromatic N) is 2. The molecule has 1 aromatic heterocycles. The van der Waals surface area contributed by atoms with Gasteiger partial charge in [-0.2, -0.15) is 0 Å². The van der Waals surface area contributed by atoms with Gasteiger partial charge in [-0.1, -0.05) is 23.9 Å². The maximum absolute atomic E-state index is 10.6. The van der Waals surface area contributed by atoms with E-state index in [1.807, 2.05) is 24.3 Å². The van der Waals surface area contributed by atoms with Crippen LogP contribution in [-0.4, -0.2) is 21.0 Å². The second-order valence-electron chi connectivity index (χ2n) is 3.08. The minimum absolute atomic E-state index is 0.0542. The van der Waals surface area contributed by atoms with Crippen LogP contribution in [0.3, 0.4) is 0 Å². The summed E-state index contributed by atoms with van der Waals surface area (Å²) in [6.07, 6.45) is 2.70. The van der Waals surface area contributed by atoms with E-state index in [-0.39, 0.29) is 5.69 Å². The normalized spacial score (nSPS) is 10.2. The molecule has 4 nitrogen and oxygen atoms in total. The van der Waals surface area contributed by atoms with E-state index in [1.54, 1.807) is 0 Å². The summed E-state index contributed by atoms with van der Waals surface area (Å²) < 4.78 is 0.967. The Bertz CT molecular complexity index is 545. The summed E-state index contributed by atoms with van der Waals surface area (Å²) in [6, 6.07) is 7.72. The van der Waals surface area contributed by atoms with Crippen LogP contribution in [-0.2, 0) is 0 Å². The molecule has 0 aliphatic heterocycles. The van der Waals surface area contributed by atoms with Crippen molar-refractivity contribution in [1.29, 1.82) is 0 Å². The van der Waals surface area contributed by atoms with Crippen LogP contribution in [0.2, 0.25) is 0 Å². The average Bonchev–Trinajstić information content (AvgIpc) is 2.33. The van der Waals surface area contributed by atoms with Gasteiger partial charge in [0, 0.05) is 9.37 Å². The van der Waals surface area contributed by atoms with Crippen molar-refractivity contribution in [2.45, 2.75) is 9.92 Å². The summed E-state index contributed by atoms with van der Waals surface area (Å²) in [5.41, 5.74) is -0.0542. The highest BCUT2D eigenvalue weighted by Gasteiger charge is 2.07. The highest BCUT2D eigenvalue weighted by Crippen LogP contribution is 2.31. The van der Waals surface area contributed by atoms with Crippen molar-refractivity contribution in [3.8, 4) is 0 Å². The number of carbonyl (C=O) groups is 1. The fraction of sp³-hybridized carbons (Fsp3) is 0. The maximum Gasteiger partial charge on any atom is 0.356 e. The molecule has 0 spiro atoms. The van der Waals surface area contributed by atoms with Crippen molar-refractivity contribution in [3.05, 3.63) is 46.8 Å². The third-order valence-electron chi connectivity index (χ3n) is 1.90. The Hall–Kier alpha value is -1.40. The number of carboxylic acid groups (broad SMARTS) is 1. The molecule has 0 radical (unpaired) electrons. The second kappa shape index (κ2) is 5.29. The molecular formula is C11H7BrN2O2S. The first kappa shape index (κ1) is 12.1. The number of aromatic nitrogens is 2. The highest BCUT2D eigenvalue weighted by atomic mass is 79.9. The van der Waals surface area contributed by atoms with Gasteiger partial charge in [0.2, 0.25) is 0 Å². The quantitative estimate of drug-likeness (QED) is 0.944. The molecule has 0 saturated carbocycles. The number of benzene rings is 1. The lowest BCUT2D eigenvalue weighted by atomic mass is 10.4. The van der Waals surface area contributed by atoms with Crippen LogP contribution in [0.5, 0.6) is 0 Å². The molecule has 0 aliphatic carbocycles. The van der Waals surface area contributed by atoms with Gasteiger partial charge in [0.25, 0.3) is 0 Å². The summed E-state index contributed by atoms with van der Waals surface area (Å²) in [5, 5.41) is 9.35. The summed E-state index contributed by atoms with van der Waals surface area (Å²) in [6.45, 7) is 0. The molecule has 0 unspecified atom stereocenters. The van der Waals surface area contributed by atoms with E-state index in [2.05, 4.69) is 25.9 Å². The van der Waals surface area contributed by atoms with Crippen molar-refractivity contribution in [2.75, 3.05) is 0 Å². The number of halogens is 1. The number of rotatable bonds is 3. The Kier molecular flexibility index (Phi) is 3.75. The predicted molar refractivity (Wildman–Crippen MR) is 67.3 cm³/mol. The smallest absolute Gasteiger partial charge is 0.356 e.